The fourth-order valence-corrected chi connectivity index (χ4v) is 1.12. The summed E-state index contributed by atoms with van der Waals surface area (Å²) in [6.07, 6.45) is 0. The fraction of sp³-hybridized carbons (Fsp3) is 1.00. The molecule has 0 saturated carbocycles. The van der Waals surface area contributed by atoms with Crippen LogP contribution in [0.5, 0.6) is 0 Å². The predicted molar refractivity (Wildman–Crippen MR) is 21.1 cm³/mol. The zero-order valence-corrected chi connectivity index (χ0v) is 4.41. The molecule has 0 unspecified atom stereocenters. The Morgan fingerprint density at radius 2 is 1.25 bits per heavy atom. The molecule has 1 aliphatic heterocycles. The molecule has 0 amide bonds. The Kier molecular flexibility index (Phi) is 0.688. The highest BCUT2D eigenvalue weighted by Gasteiger charge is 1.98. The molecule has 20 valence electrons. The Hall–Kier alpha value is 0.434. The first-order valence-corrected chi connectivity index (χ1v) is 4.24. The molecule has 4 radical (unpaired) electrons. The van der Waals surface area contributed by atoms with Crippen molar-refractivity contribution in [3.05, 3.63) is 0 Å². The molecule has 0 aliphatic carbocycles. The third kappa shape index (κ3) is 0.255. The SMILES string of the molecule is C1[Si]C[Si]1. The van der Waals surface area contributed by atoms with Crippen LogP contribution in [-0.2, 0) is 0 Å². The molecule has 0 atom stereocenters. The maximum absolute atomic E-state index is 1.56. The molecule has 0 nitrogen and oxygen atoms in total. The summed E-state index contributed by atoms with van der Waals surface area (Å²) >= 11 is 0. The lowest BCUT2D eigenvalue weighted by Gasteiger charge is -2.02. The molecule has 0 bridgehead atoms. The highest BCUT2D eigenvalue weighted by atomic mass is 28.3. The van der Waals surface area contributed by atoms with Gasteiger partial charge in [0.1, 0.15) is 0 Å². The average molecular weight is 84.2 g/mol. The van der Waals surface area contributed by atoms with E-state index in [0.29, 0.717) is 0 Å². The molecule has 1 aliphatic rings. The summed E-state index contributed by atoms with van der Waals surface area (Å²) in [5, 5.41) is 0. The largest absolute Gasteiger partial charge is 0.0695 e. The zero-order valence-electron chi connectivity index (χ0n) is 2.41. The van der Waals surface area contributed by atoms with Crippen LogP contribution < -0.4 is 0 Å². The van der Waals surface area contributed by atoms with E-state index in [-0.39, 0.29) is 0 Å². The van der Waals surface area contributed by atoms with E-state index in [1.807, 2.05) is 0 Å². The van der Waals surface area contributed by atoms with E-state index in [2.05, 4.69) is 0 Å². The predicted octanol–water partition coefficient (Wildman–Crippen LogP) is 0.160. The Morgan fingerprint density at radius 3 is 1.25 bits per heavy atom. The Balaban J connectivity index is 2.00. The quantitative estimate of drug-likeness (QED) is 0.367. The van der Waals surface area contributed by atoms with Crippen LogP contribution >= 0.6 is 0 Å². The maximum Gasteiger partial charge on any atom is 0.0307 e. The summed E-state index contributed by atoms with van der Waals surface area (Å²) in [7, 11) is 2.67. The van der Waals surface area contributed by atoms with Gasteiger partial charge in [0.25, 0.3) is 0 Å². The fourth-order valence-electron chi connectivity index (χ4n) is 0.125. The zero-order chi connectivity index (χ0) is 2.83. The maximum atomic E-state index is 1.56. The van der Waals surface area contributed by atoms with Crippen molar-refractivity contribution in [3.63, 3.8) is 0 Å². The molecule has 1 rings (SSSR count). The van der Waals surface area contributed by atoms with E-state index in [1.54, 1.807) is 11.3 Å². The van der Waals surface area contributed by atoms with Crippen molar-refractivity contribution >= 4 is 19.0 Å². The lowest BCUT2D eigenvalue weighted by Crippen LogP contribution is -2.10. The minimum absolute atomic E-state index is 1.33. The normalized spacial score (nSPS) is 24.0. The van der Waals surface area contributed by atoms with Crippen LogP contribution in [0.15, 0.2) is 0 Å². The molecule has 1 fully saturated rings. The highest BCUT2D eigenvalue weighted by molar-refractivity contribution is 6.74. The number of hydrogen-bond acceptors (Lipinski definition) is 0. The first-order chi connectivity index (χ1) is 2.00. The van der Waals surface area contributed by atoms with Gasteiger partial charge in [-0.2, -0.15) is 0 Å². The number of hydrogen-bond donors (Lipinski definition) is 0. The third-order valence-corrected chi connectivity index (χ3v) is 4.50. The van der Waals surface area contributed by atoms with Crippen LogP contribution in [0.25, 0.3) is 0 Å². The van der Waals surface area contributed by atoms with E-state index in [9.17, 15) is 0 Å². The van der Waals surface area contributed by atoms with E-state index in [0.717, 1.165) is 0 Å². The first kappa shape index (κ1) is 2.66. The van der Waals surface area contributed by atoms with Crippen molar-refractivity contribution in [1.29, 1.82) is 0 Å². The van der Waals surface area contributed by atoms with Gasteiger partial charge in [0.2, 0.25) is 0 Å². The highest BCUT2D eigenvalue weighted by Crippen LogP contribution is 1.94. The van der Waals surface area contributed by atoms with Crippen molar-refractivity contribution in [1.82, 2.24) is 0 Å². The molecular weight excluding hydrogens is 80.2 g/mol. The molecule has 1 saturated heterocycles. The first-order valence-electron chi connectivity index (χ1n) is 1.41. The van der Waals surface area contributed by atoms with Gasteiger partial charge in [-0.3, -0.25) is 0 Å². The van der Waals surface area contributed by atoms with Crippen molar-refractivity contribution in [3.8, 4) is 0 Å². The number of rotatable bonds is 0. The summed E-state index contributed by atoms with van der Waals surface area (Å²) in [5.41, 5.74) is 3.11. The standard InChI is InChI=1S/C2H4Si2/c1-3-2-4-1/h1-2H2. The van der Waals surface area contributed by atoms with Crippen LogP contribution in [-0.4, -0.2) is 19.0 Å². The summed E-state index contributed by atoms with van der Waals surface area (Å²) in [4.78, 5) is 0. The van der Waals surface area contributed by atoms with Gasteiger partial charge in [-0.1, -0.05) is 11.3 Å². The third-order valence-electron chi connectivity index (χ3n) is 0.500. The van der Waals surface area contributed by atoms with Gasteiger partial charge >= 0.3 is 0 Å². The van der Waals surface area contributed by atoms with Gasteiger partial charge in [-0.05, 0) is 0 Å². The summed E-state index contributed by atoms with van der Waals surface area (Å²) in [5.74, 6) is 0. The molecule has 2 heteroatoms. The van der Waals surface area contributed by atoms with Gasteiger partial charge in [-0.15, -0.1) is 0 Å². The molecule has 0 aromatic carbocycles. The Bertz CT molecular complexity index is 12.0. The smallest absolute Gasteiger partial charge is 0.0307 e. The van der Waals surface area contributed by atoms with E-state index < -0.39 is 0 Å². The summed E-state index contributed by atoms with van der Waals surface area (Å²) in [6.45, 7) is 0. The van der Waals surface area contributed by atoms with Crippen molar-refractivity contribution in [2.45, 2.75) is 11.3 Å². The molecule has 0 aromatic rings. The minimum atomic E-state index is 1.33. The second kappa shape index (κ2) is 1.03. The second-order valence-electron chi connectivity index (χ2n) is 0.854. The van der Waals surface area contributed by atoms with Gasteiger partial charge < -0.3 is 0 Å². The molecular formula is C2H4Si2. The van der Waals surface area contributed by atoms with Crippen LogP contribution in [0.1, 0.15) is 0 Å². The summed E-state index contributed by atoms with van der Waals surface area (Å²) < 4.78 is 0. The molecule has 1 heterocycles. The topological polar surface area (TPSA) is 0 Å². The van der Waals surface area contributed by atoms with Gasteiger partial charge in [0.15, 0.2) is 0 Å². The van der Waals surface area contributed by atoms with Gasteiger partial charge in [0, 0.05) is 19.0 Å². The van der Waals surface area contributed by atoms with Gasteiger partial charge in [0.05, 0.1) is 0 Å². The molecule has 0 spiro atoms. The minimum Gasteiger partial charge on any atom is -0.0695 e. The second-order valence-corrected chi connectivity index (χ2v) is 4.68. The van der Waals surface area contributed by atoms with Gasteiger partial charge in [-0.25, -0.2) is 0 Å². The van der Waals surface area contributed by atoms with E-state index >= 15 is 0 Å². The monoisotopic (exact) mass is 84.0 g/mol. The molecule has 0 N–H and O–H groups in total. The molecule has 4 heavy (non-hydrogen) atoms. The van der Waals surface area contributed by atoms with Crippen LogP contribution in [0.2, 0.25) is 11.3 Å². The van der Waals surface area contributed by atoms with Crippen molar-refractivity contribution in [2.75, 3.05) is 0 Å². The summed E-state index contributed by atoms with van der Waals surface area (Å²) in [6, 6.07) is 0. The average Bonchev–Trinajstić information content (AvgIpc) is 0.722. The van der Waals surface area contributed by atoms with Crippen molar-refractivity contribution in [2.24, 2.45) is 0 Å². The van der Waals surface area contributed by atoms with Crippen LogP contribution in [0, 0.1) is 0 Å². The van der Waals surface area contributed by atoms with E-state index in [1.165, 1.54) is 19.0 Å². The molecule has 0 aromatic heterocycles. The van der Waals surface area contributed by atoms with Crippen molar-refractivity contribution < 1.29 is 0 Å². The van der Waals surface area contributed by atoms with E-state index in [4.69, 9.17) is 0 Å². The Labute approximate surface area is 31.2 Å². The van der Waals surface area contributed by atoms with Crippen LogP contribution in [0.3, 0.4) is 0 Å². The van der Waals surface area contributed by atoms with Crippen LogP contribution in [0.4, 0.5) is 0 Å². The lowest BCUT2D eigenvalue weighted by molar-refractivity contribution is 1.71. The Morgan fingerprint density at radius 1 is 1.00 bits per heavy atom. The lowest BCUT2D eigenvalue weighted by atomic mass is 11.8.